The molecule has 0 aliphatic heterocycles. The summed E-state index contributed by atoms with van der Waals surface area (Å²) < 4.78 is 26.2. The minimum Gasteiger partial charge on any atom is -0.300 e. The molecule has 0 heterocycles. The fraction of sp³-hybridized carbons (Fsp3) is 0.333. The first-order chi connectivity index (χ1) is 6.46. The molecule has 0 aromatic heterocycles. The Bertz CT molecular complexity index is 325. The summed E-state index contributed by atoms with van der Waals surface area (Å²) in [6.45, 7) is 0.702. The highest BCUT2D eigenvalue weighted by atomic mass is 35.5. The van der Waals surface area contributed by atoms with Gasteiger partial charge in [-0.05, 0) is 11.6 Å². The lowest BCUT2D eigenvalue weighted by Crippen LogP contribution is -2.13. The summed E-state index contributed by atoms with van der Waals surface area (Å²) in [4.78, 5) is 4.33. The van der Waals surface area contributed by atoms with E-state index in [0.29, 0.717) is 5.56 Å². The quantitative estimate of drug-likeness (QED) is 0.797. The summed E-state index contributed by atoms with van der Waals surface area (Å²) in [5.74, 6) is 1.84. The van der Waals surface area contributed by atoms with Crippen molar-refractivity contribution in [1.29, 1.82) is 0 Å². The lowest BCUT2D eigenvalue weighted by molar-refractivity contribution is 0.0139. The van der Waals surface area contributed by atoms with Crippen molar-refractivity contribution >= 4 is 11.6 Å². The highest BCUT2D eigenvalue weighted by Gasteiger charge is 2.30. The Hall–Kier alpha value is -0.710. The highest BCUT2D eigenvalue weighted by molar-refractivity contribution is 6.31. The summed E-state index contributed by atoms with van der Waals surface area (Å²) in [6.07, 6.45) is 0. The van der Waals surface area contributed by atoms with E-state index in [9.17, 15) is 8.78 Å². The maximum absolute atomic E-state index is 13.1. The minimum atomic E-state index is -2.99. The maximum Gasteiger partial charge on any atom is 0.272 e. The Balaban J connectivity index is 3.22. The molecule has 0 aliphatic carbocycles. The van der Waals surface area contributed by atoms with E-state index in [2.05, 4.69) is 4.84 Å². The molecule has 0 atom stereocenters. The fourth-order valence-electron chi connectivity index (χ4n) is 1.27. The maximum atomic E-state index is 13.1. The van der Waals surface area contributed by atoms with Crippen LogP contribution in [0.5, 0.6) is 0 Å². The monoisotopic (exact) mass is 221 g/mol. The van der Waals surface area contributed by atoms with Gasteiger partial charge in [0.2, 0.25) is 0 Å². The molecule has 0 fully saturated rings. The van der Waals surface area contributed by atoms with Crippen LogP contribution in [0.4, 0.5) is 8.78 Å². The summed E-state index contributed by atoms with van der Waals surface area (Å²) >= 11 is 5.67. The van der Waals surface area contributed by atoms with Gasteiger partial charge in [0, 0.05) is 12.5 Å². The fourth-order valence-corrected chi connectivity index (χ4v) is 1.63. The molecule has 1 rings (SSSR count). The predicted molar refractivity (Wildman–Crippen MR) is 50.0 cm³/mol. The van der Waals surface area contributed by atoms with Crippen LogP contribution < -0.4 is 5.90 Å². The zero-order chi connectivity index (χ0) is 10.8. The second-order valence-electron chi connectivity index (χ2n) is 2.97. The van der Waals surface area contributed by atoms with Crippen molar-refractivity contribution in [3.05, 3.63) is 34.3 Å². The summed E-state index contributed by atoms with van der Waals surface area (Å²) in [5.41, 5.74) is 0.0691. The van der Waals surface area contributed by atoms with Crippen LogP contribution >= 0.6 is 11.6 Å². The molecule has 1 aromatic rings. The molecule has 0 spiro atoms. The van der Waals surface area contributed by atoms with Gasteiger partial charge in [-0.25, -0.2) is 14.7 Å². The van der Waals surface area contributed by atoms with Crippen molar-refractivity contribution in [3.8, 4) is 0 Å². The number of alkyl halides is 2. The number of hydrogen-bond donors (Lipinski definition) is 1. The predicted octanol–water partition coefficient (Wildman–Crippen LogP) is 2.84. The van der Waals surface area contributed by atoms with Crippen molar-refractivity contribution in [2.24, 2.45) is 5.90 Å². The van der Waals surface area contributed by atoms with Gasteiger partial charge in [-0.1, -0.05) is 23.7 Å². The normalized spacial score (nSPS) is 11.8. The van der Waals surface area contributed by atoms with E-state index in [4.69, 9.17) is 17.5 Å². The standard InChI is InChI=1S/C9H10ClF2NO/c1-9(11,12)8-6(5-14-13)3-2-4-7(8)10/h2-4H,5,13H2,1H3. The van der Waals surface area contributed by atoms with Crippen LogP contribution in [0.25, 0.3) is 0 Å². The Kier molecular flexibility index (Phi) is 3.42. The van der Waals surface area contributed by atoms with E-state index in [1.54, 1.807) is 6.07 Å². The summed E-state index contributed by atoms with van der Waals surface area (Å²) in [5, 5.41) is 0.0204. The van der Waals surface area contributed by atoms with Crippen molar-refractivity contribution in [3.63, 3.8) is 0 Å². The van der Waals surface area contributed by atoms with Gasteiger partial charge in [0.1, 0.15) is 0 Å². The highest BCUT2D eigenvalue weighted by Crippen LogP contribution is 2.35. The third-order valence-electron chi connectivity index (χ3n) is 1.78. The second kappa shape index (κ2) is 4.21. The zero-order valence-corrected chi connectivity index (χ0v) is 8.31. The van der Waals surface area contributed by atoms with Gasteiger partial charge in [0.25, 0.3) is 5.92 Å². The van der Waals surface area contributed by atoms with E-state index in [1.165, 1.54) is 12.1 Å². The van der Waals surface area contributed by atoms with Gasteiger partial charge in [-0.15, -0.1) is 0 Å². The molecule has 0 radical (unpaired) electrons. The van der Waals surface area contributed by atoms with Crippen molar-refractivity contribution < 1.29 is 13.6 Å². The third kappa shape index (κ3) is 2.41. The number of rotatable bonds is 3. The first-order valence-corrected chi connectivity index (χ1v) is 4.32. The number of halogens is 3. The average Bonchev–Trinajstić information content (AvgIpc) is 2.02. The Morgan fingerprint density at radius 2 is 2.14 bits per heavy atom. The van der Waals surface area contributed by atoms with Crippen LogP contribution in [0.15, 0.2) is 18.2 Å². The topological polar surface area (TPSA) is 35.2 Å². The molecule has 0 aliphatic rings. The lowest BCUT2D eigenvalue weighted by Gasteiger charge is -2.16. The van der Waals surface area contributed by atoms with Crippen molar-refractivity contribution in [2.45, 2.75) is 19.5 Å². The molecule has 0 saturated carbocycles. The van der Waals surface area contributed by atoms with Crippen molar-refractivity contribution in [1.82, 2.24) is 0 Å². The molecule has 0 unspecified atom stereocenters. The number of benzene rings is 1. The number of nitrogens with two attached hydrogens (primary N) is 1. The second-order valence-corrected chi connectivity index (χ2v) is 3.38. The Morgan fingerprint density at radius 3 is 2.64 bits per heavy atom. The van der Waals surface area contributed by atoms with E-state index in [-0.39, 0.29) is 17.2 Å². The van der Waals surface area contributed by atoms with Crippen LogP contribution in [0.1, 0.15) is 18.1 Å². The first-order valence-electron chi connectivity index (χ1n) is 3.94. The SMILES string of the molecule is CC(F)(F)c1c(Cl)cccc1CON. The molecular weight excluding hydrogens is 212 g/mol. The molecular formula is C9H10ClF2NO. The van der Waals surface area contributed by atoms with E-state index >= 15 is 0 Å². The van der Waals surface area contributed by atoms with Gasteiger partial charge >= 0.3 is 0 Å². The average molecular weight is 222 g/mol. The number of hydrogen-bond acceptors (Lipinski definition) is 2. The van der Waals surface area contributed by atoms with Crippen LogP contribution in [0.2, 0.25) is 5.02 Å². The molecule has 0 saturated heterocycles. The lowest BCUT2D eigenvalue weighted by atomic mass is 10.0. The van der Waals surface area contributed by atoms with Gasteiger partial charge in [-0.2, -0.15) is 0 Å². The summed E-state index contributed by atoms with van der Waals surface area (Å²) in [6, 6.07) is 4.49. The largest absolute Gasteiger partial charge is 0.300 e. The minimum absolute atomic E-state index is 0.0204. The molecule has 2 nitrogen and oxygen atoms in total. The van der Waals surface area contributed by atoms with Crippen LogP contribution in [-0.2, 0) is 17.4 Å². The van der Waals surface area contributed by atoms with Crippen LogP contribution in [0, 0.1) is 0 Å². The van der Waals surface area contributed by atoms with E-state index in [0.717, 1.165) is 6.92 Å². The molecule has 2 N–H and O–H groups in total. The molecule has 1 aromatic carbocycles. The zero-order valence-electron chi connectivity index (χ0n) is 7.56. The van der Waals surface area contributed by atoms with Crippen LogP contribution in [-0.4, -0.2) is 0 Å². The third-order valence-corrected chi connectivity index (χ3v) is 2.09. The van der Waals surface area contributed by atoms with Crippen molar-refractivity contribution in [2.75, 3.05) is 0 Å². The smallest absolute Gasteiger partial charge is 0.272 e. The first kappa shape index (κ1) is 11.4. The summed E-state index contributed by atoms with van der Waals surface area (Å²) in [7, 11) is 0. The van der Waals surface area contributed by atoms with Gasteiger partial charge in [0.15, 0.2) is 0 Å². The Morgan fingerprint density at radius 1 is 1.50 bits per heavy atom. The molecule has 0 amide bonds. The molecule has 5 heteroatoms. The van der Waals surface area contributed by atoms with E-state index in [1.807, 2.05) is 0 Å². The van der Waals surface area contributed by atoms with Gasteiger partial charge in [0.05, 0.1) is 11.6 Å². The molecule has 14 heavy (non-hydrogen) atoms. The Labute approximate surface area is 85.6 Å². The van der Waals surface area contributed by atoms with Crippen LogP contribution in [0.3, 0.4) is 0 Å². The molecule has 78 valence electrons. The van der Waals surface area contributed by atoms with E-state index < -0.39 is 5.92 Å². The van der Waals surface area contributed by atoms with Gasteiger partial charge < -0.3 is 0 Å². The van der Waals surface area contributed by atoms with Gasteiger partial charge in [-0.3, -0.25) is 4.84 Å². The molecule has 0 bridgehead atoms.